The predicted molar refractivity (Wildman–Crippen MR) is 91.3 cm³/mol. The van der Waals surface area contributed by atoms with Crippen LogP contribution in [0.25, 0.3) is 0 Å². The molecular weight excluding hydrogens is 350 g/mol. The number of carbonyl (C=O) groups is 3. The number of hydrogen-bond acceptors (Lipinski definition) is 6. The maximum atomic E-state index is 11.9. The molecule has 138 valence electrons. The summed E-state index contributed by atoms with van der Waals surface area (Å²) >= 11 is 5.74. The maximum Gasteiger partial charge on any atom is 0.344 e. The highest BCUT2D eigenvalue weighted by Gasteiger charge is 2.26. The Bertz CT molecular complexity index is 589. The van der Waals surface area contributed by atoms with Crippen molar-refractivity contribution in [2.24, 2.45) is 5.92 Å². The Morgan fingerprint density at radius 2 is 1.80 bits per heavy atom. The average Bonchev–Trinajstić information content (AvgIpc) is 2.62. The summed E-state index contributed by atoms with van der Waals surface area (Å²) in [5, 5.41) is 3.06. The summed E-state index contributed by atoms with van der Waals surface area (Å²) in [6, 6.07) is 5.67. The molecule has 2 atom stereocenters. The zero-order valence-corrected chi connectivity index (χ0v) is 15.2. The van der Waals surface area contributed by atoms with Gasteiger partial charge < -0.3 is 19.5 Å². The van der Waals surface area contributed by atoms with E-state index in [-0.39, 0.29) is 12.5 Å². The summed E-state index contributed by atoms with van der Waals surface area (Å²) < 4.78 is 14.7. The molecule has 1 N–H and O–H groups in total. The van der Waals surface area contributed by atoms with Crippen molar-refractivity contribution in [3.05, 3.63) is 29.3 Å². The molecule has 0 aromatic heterocycles. The number of ether oxygens (including phenoxy) is 3. The normalized spacial score (nSPS) is 12.6. The lowest BCUT2D eigenvalue weighted by Crippen LogP contribution is -2.47. The van der Waals surface area contributed by atoms with E-state index in [9.17, 15) is 14.4 Å². The second-order valence-corrected chi connectivity index (χ2v) is 5.79. The van der Waals surface area contributed by atoms with Crippen LogP contribution in [-0.4, -0.2) is 44.2 Å². The lowest BCUT2D eigenvalue weighted by atomic mass is 9.99. The van der Waals surface area contributed by atoms with Crippen molar-refractivity contribution < 1.29 is 28.6 Å². The predicted octanol–water partition coefficient (Wildman–Crippen LogP) is 1.97. The summed E-state index contributed by atoms with van der Waals surface area (Å²) in [7, 11) is 1.25. The first-order valence-electron chi connectivity index (χ1n) is 7.78. The van der Waals surface area contributed by atoms with Crippen molar-refractivity contribution in [2.45, 2.75) is 26.3 Å². The number of rotatable bonds is 9. The van der Waals surface area contributed by atoms with Gasteiger partial charge in [0.15, 0.2) is 13.2 Å². The molecule has 0 fully saturated rings. The summed E-state index contributed by atoms with van der Waals surface area (Å²) in [4.78, 5) is 35.2. The Kier molecular flexibility index (Phi) is 8.77. The van der Waals surface area contributed by atoms with Crippen molar-refractivity contribution in [2.75, 3.05) is 20.3 Å². The van der Waals surface area contributed by atoms with Gasteiger partial charge in [0.2, 0.25) is 0 Å². The van der Waals surface area contributed by atoms with E-state index in [1.807, 2.05) is 13.8 Å². The van der Waals surface area contributed by atoms with Crippen LogP contribution >= 0.6 is 11.6 Å². The van der Waals surface area contributed by atoms with Crippen LogP contribution in [0.2, 0.25) is 5.02 Å². The third-order valence-electron chi connectivity index (χ3n) is 3.52. The van der Waals surface area contributed by atoms with E-state index in [0.29, 0.717) is 17.2 Å². The molecule has 0 aliphatic rings. The molecule has 0 aliphatic carbocycles. The molecule has 0 bridgehead atoms. The zero-order chi connectivity index (χ0) is 18.8. The van der Waals surface area contributed by atoms with Crippen LogP contribution in [0.15, 0.2) is 24.3 Å². The minimum absolute atomic E-state index is 0.111. The molecule has 1 aromatic rings. The van der Waals surface area contributed by atoms with E-state index in [1.54, 1.807) is 24.3 Å². The fraction of sp³-hybridized carbons (Fsp3) is 0.471. The van der Waals surface area contributed by atoms with Gasteiger partial charge in [0, 0.05) is 5.02 Å². The molecule has 0 spiro atoms. The van der Waals surface area contributed by atoms with E-state index in [1.165, 1.54) is 7.11 Å². The monoisotopic (exact) mass is 371 g/mol. The first-order valence-corrected chi connectivity index (χ1v) is 8.16. The average molecular weight is 372 g/mol. The molecule has 0 heterocycles. The number of carbonyl (C=O) groups excluding carboxylic acids is 3. The Morgan fingerprint density at radius 3 is 2.36 bits per heavy atom. The number of esters is 2. The number of hydrogen-bond donors (Lipinski definition) is 1. The number of amides is 1. The van der Waals surface area contributed by atoms with Gasteiger partial charge in [-0.1, -0.05) is 31.9 Å². The number of halogens is 1. The quantitative estimate of drug-likeness (QED) is 0.667. The fourth-order valence-electron chi connectivity index (χ4n) is 1.87. The Balaban J connectivity index is 2.39. The maximum absolute atomic E-state index is 11.9. The molecule has 1 amide bonds. The number of benzene rings is 1. The first-order chi connectivity index (χ1) is 11.9. The summed E-state index contributed by atoms with van der Waals surface area (Å²) in [6.07, 6.45) is 0.675. The summed E-state index contributed by atoms with van der Waals surface area (Å²) in [5.41, 5.74) is 0. The zero-order valence-electron chi connectivity index (χ0n) is 14.4. The van der Waals surface area contributed by atoms with Crippen LogP contribution in [0.1, 0.15) is 20.3 Å². The van der Waals surface area contributed by atoms with Crippen molar-refractivity contribution in [1.29, 1.82) is 0 Å². The van der Waals surface area contributed by atoms with E-state index in [0.717, 1.165) is 0 Å². The summed E-state index contributed by atoms with van der Waals surface area (Å²) in [6.45, 7) is 2.85. The molecule has 1 rings (SSSR count). The van der Waals surface area contributed by atoms with Crippen molar-refractivity contribution in [3.8, 4) is 5.75 Å². The third-order valence-corrected chi connectivity index (χ3v) is 3.77. The fourth-order valence-corrected chi connectivity index (χ4v) is 2.00. The van der Waals surface area contributed by atoms with E-state index >= 15 is 0 Å². The smallest absolute Gasteiger partial charge is 0.344 e. The van der Waals surface area contributed by atoms with Gasteiger partial charge in [0.1, 0.15) is 11.8 Å². The van der Waals surface area contributed by atoms with Gasteiger partial charge in [-0.2, -0.15) is 0 Å². The lowest BCUT2D eigenvalue weighted by Gasteiger charge is -2.21. The second-order valence-electron chi connectivity index (χ2n) is 5.36. The molecule has 0 radical (unpaired) electrons. The minimum Gasteiger partial charge on any atom is -0.482 e. The molecule has 1 aromatic carbocycles. The van der Waals surface area contributed by atoms with Crippen molar-refractivity contribution in [3.63, 3.8) is 0 Å². The minimum atomic E-state index is -0.786. The second kappa shape index (κ2) is 10.6. The van der Waals surface area contributed by atoms with E-state index in [2.05, 4.69) is 10.1 Å². The standard InChI is InChI=1S/C17H22ClNO6/c1-4-11(2)16(17(22)23-3)19-14(20)9-25-15(21)10-24-13-7-5-12(18)6-8-13/h5-8,11,16H,4,9-10H2,1-3H3,(H,19,20)/t11-,16+/m1/s1. The van der Waals surface area contributed by atoms with Gasteiger partial charge >= 0.3 is 11.9 Å². The lowest BCUT2D eigenvalue weighted by molar-refractivity contribution is -0.152. The number of methoxy groups -OCH3 is 1. The topological polar surface area (TPSA) is 90.9 Å². The highest BCUT2D eigenvalue weighted by molar-refractivity contribution is 6.30. The van der Waals surface area contributed by atoms with Crippen LogP contribution in [0, 0.1) is 5.92 Å². The Morgan fingerprint density at radius 1 is 1.16 bits per heavy atom. The van der Waals surface area contributed by atoms with E-state index < -0.39 is 30.5 Å². The molecule has 0 saturated carbocycles. The largest absolute Gasteiger partial charge is 0.482 e. The van der Waals surface area contributed by atoms with Gasteiger partial charge in [-0.25, -0.2) is 9.59 Å². The molecule has 8 heteroatoms. The van der Waals surface area contributed by atoms with Crippen LogP contribution in [-0.2, 0) is 23.9 Å². The van der Waals surface area contributed by atoms with Crippen LogP contribution in [0.4, 0.5) is 0 Å². The highest BCUT2D eigenvalue weighted by atomic mass is 35.5. The number of nitrogens with one attached hydrogen (secondary N) is 1. The molecule has 0 unspecified atom stereocenters. The third kappa shape index (κ3) is 7.43. The van der Waals surface area contributed by atoms with Crippen molar-refractivity contribution >= 4 is 29.4 Å². The molecule has 0 aliphatic heterocycles. The van der Waals surface area contributed by atoms with Gasteiger partial charge in [0.05, 0.1) is 7.11 Å². The Labute approximate surface area is 151 Å². The first kappa shape index (κ1) is 20.8. The van der Waals surface area contributed by atoms with Gasteiger partial charge in [-0.05, 0) is 30.2 Å². The molecule has 0 saturated heterocycles. The van der Waals surface area contributed by atoms with Crippen LogP contribution in [0.5, 0.6) is 5.75 Å². The Hall–Kier alpha value is -2.28. The van der Waals surface area contributed by atoms with Gasteiger partial charge in [-0.15, -0.1) is 0 Å². The van der Waals surface area contributed by atoms with E-state index in [4.69, 9.17) is 21.1 Å². The molecule has 7 nitrogen and oxygen atoms in total. The highest BCUT2D eigenvalue weighted by Crippen LogP contribution is 2.15. The van der Waals surface area contributed by atoms with Crippen LogP contribution in [0.3, 0.4) is 0 Å². The van der Waals surface area contributed by atoms with Crippen molar-refractivity contribution in [1.82, 2.24) is 5.32 Å². The molecular formula is C17H22ClNO6. The SMILES string of the molecule is CC[C@@H](C)[C@H](NC(=O)COC(=O)COc1ccc(Cl)cc1)C(=O)OC. The summed E-state index contributed by atoms with van der Waals surface area (Å²) in [5.74, 6) is -1.49. The van der Waals surface area contributed by atoms with Crippen LogP contribution < -0.4 is 10.1 Å². The van der Waals surface area contributed by atoms with Gasteiger partial charge in [-0.3, -0.25) is 4.79 Å². The van der Waals surface area contributed by atoms with Gasteiger partial charge in [0.25, 0.3) is 5.91 Å². The molecule has 25 heavy (non-hydrogen) atoms.